The predicted molar refractivity (Wildman–Crippen MR) is 31.7 cm³/mol. The first-order valence-corrected chi connectivity index (χ1v) is 2.63. The molecule has 6 heteroatoms. The van der Waals surface area contributed by atoms with Crippen molar-refractivity contribution in [3.05, 3.63) is 0 Å². The Kier molecular flexibility index (Phi) is 6.35. The van der Waals surface area contributed by atoms with Crippen molar-refractivity contribution in [3.63, 3.8) is 0 Å². The number of hydrogen-bond donors (Lipinski definition) is 0. The van der Waals surface area contributed by atoms with Gasteiger partial charge in [0.25, 0.3) is 0 Å². The third-order valence-corrected chi connectivity index (χ3v) is 0.247. The molecule has 0 aliphatic heterocycles. The Labute approximate surface area is 61.8 Å². The first kappa shape index (κ1) is 13.2. The van der Waals surface area contributed by atoms with Crippen LogP contribution >= 0.6 is 0 Å². The maximum atomic E-state index is 10.4. The summed E-state index contributed by atoms with van der Waals surface area (Å²) in [5.74, 6) is 0. The van der Waals surface area contributed by atoms with E-state index < -0.39 is 12.6 Å². The van der Waals surface area contributed by atoms with Gasteiger partial charge in [0.2, 0.25) is 0 Å². The second-order valence-electron chi connectivity index (χ2n) is 2.18. The summed E-state index contributed by atoms with van der Waals surface area (Å²) in [4.78, 5) is 2.00. The monoisotopic (exact) mass is 179 g/mol. The van der Waals surface area contributed by atoms with Crippen LogP contribution in [0, 0.1) is 0 Å². The fourth-order valence-electron chi connectivity index (χ4n) is 0. The Bertz CT molecular complexity index is 84.6. The van der Waals surface area contributed by atoms with Crippen LogP contribution in [0.15, 0.2) is 0 Å². The highest BCUT2D eigenvalue weighted by molar-refractivity contribution is 4.48. The molecule has 0 spiro atoms. The normalized spacial score (nSPS) is 11.5. The molecule has 1 nitrogen and oxygen atoms in total. The lowest BCUT2D eigenvalue weighted by Crippen LogP contribution is -2.18. The van der Waals surface area contributed by atoms with Crippen molar-refractivity contribution >= 4 is 0 Å². The van der Waals surface area contributed by atoms with Gasteiger partial charge < -0.3 is 4.90 Å². The molecule has 0 N–H and O–H groups in total. The molecular formula is C5H10F5N. The summed E-state index contributed by atoms with van der Waals surface area (Å²) < 4.78 is 52.1. The van der Waals surface area contributed by atoms with Gasteiger partial charge in [0.1, 0.15) is 0 Å². The molecule has 0 aliphatic rings. The molecule has 0 aliphatic carbocycles. The zero-order chi connectivity index (χ0) is 9.65. The maximum absolute atomic E-state index is 10.4. The van der Waals surface area contributed by atoms with Gasteiger partial charge in [-0.15, -0.1) is 0 Å². The van der Waals surface area contributed by atoms with Gasteiger partial charge in [0.15, 0.2) is 0 Å². The summed E-state index contributed by atoms with van der Waals surface area (Å²) in [5.41, 5.74) is 0. The van der Waals surface area contributed by atoms with E-state index in [9.17, 15) is 22.0 Å². The van der Waals surface area contributed by atoms with Crippen LogP contribution in [0.25, 0.3) is 0 Å². The second kappa shape index (κ2) is 5.29. The number of rotatable bonds is 0. The van der Waals surface area contributed by atoms with Crippen molar-refractivity contribution in [3.8, 4) is 0 Å². The van der Waals surface area contributed by atoms with Crippen molar-refractivity contribution in [2.45, 2.75) is 12.6 Å². The van der Waals surface area contributed by atoms with Crippen LogP contribution in [0.5, 0.6) is 0 Å². The van der Waals surface area contributed by atoms with Crippen molar-refractivity contribution in [2.24, 2.45) is 0 Å². The molecule has 0 aromatic rings. The minimum Gasteiger partial charge on any atom is -0.312 e. The van der Waals surface area contributed by atoms with Gasteiger partial charge in [-0.3, -0.25) is 0 Å². The van der Waals surface area contributed by atoms with Gasteiger partial charge in [0.05, 0.1) is 0 Å². The molecular weight excluding hydrogens is 169 g/mol. The number of halogens is 5. The largest absolute Gasteiger partial charge is 0.450 e. The Hall–Kier alpha value is -0.390. The van der Waals surface area contributed by atoms with Crippen molar-refractivity contribution < 1.29 is 22.0 Å². The Morgan fingerprint density at radius 2 is 1.09 bits per heavy atom. The lowest BCUT2D eigenvalue weighted by atomic mass is 10.7. The molecule has 0 unspecified atom stereocenters. The lowest BCUT2D eigenvalue weighted by Gasteiger charge is -2.00. The van der Waals surface area contributed by atoms with Gasteiger partial charge >= 0.3 is 12.6 Å². The Morgan fingerprint density at radius 3 is 1.09 bits per heavy atom. The van der Waals surface area contributed by atoms with E-state index in [-0.39, 0.29) is 0 Å². The third-order valence-electron chi connectivity index (χ3n) is 0.247. The average Bonchev–Trinajstić information content (AvgIpc) is 1.59. The summed E-state index contributed by atoms with van der Waals surface area (Å²) in [7, 11) is 6.00. The molecule has 0 atom stereocenters. The van der Waals surface area contributed by atoms with Gasteiger partial charge in [-0.25, -0.2) is 8.78 Å². The van der Waals surface area contributed by atoms with Crippen molar-refractivity contribution in [1.29, 1.82) is 0 Å². The average molecular weight is 179 g/mol. The van der Waals surface area contributed by atoms with E-state index >= 15 is 0 Å². The molecule has 0 aromatic carbocycles. The number of hydrogen-bond acceptors (Lipinski definition) is 1. The van der Waals surface area contributed by atoms with Crippen LogP contribution in [0.1, 0.15) is 0 Å². The van der Waals surface area contributed by atoms with Gasteiger partial charge in [-0.2, -0.15) is 13.2 Å². The van der Waals surface area contributed by atoms with Crippen molar-refractivity contribution in [1.82, 2.24) is 4.90 Å². The molecule has 11 heavy (non-hydrogen) atoms. The molecule has 0 fully saturated rings. The van der Waals surface area contributed by atoms with E-state index in [0.29, 0.717) is 0 Å². The van der Waals surface area contributed by atoms with E-state index in [4.69, 9.17) is 0 Å². The smallest absolute Gasteiger partial charge is 0.312 e. The zero-order valence-corrected chi connectivity index (χ0v) is 6.41. The Balaban J connectivity index is 0. The number of alkyl halides is 5. The van der Waals surface area contributed by atoms with E-state index in [1.54, 1.807) is 0 Å². The van der Waals surface area contributed by atoms with Crippen LogP contribution in [0.3, 0.4) is 0 Å². The molecule has 0 rings (SSSR count). The predicted octanol–water partition coefficient (Wildman–Crippen LogP) is 1.99. The van der Waals surface area contributed by atoms with Crippen LogP contribution in [-0.2, 0) is 0 Å². The molecule has 0 radical (unpaired) electrons. The highest BCUT2D eigenvalue weighted by Crippen LogP contribution is 2.22. The first-order chi connectivity index (χ1) is 4.68. The maximum Gasteiger partial charge on any atom is 0.450 e. The SMILES string of the molecule is CN(C)C.FC(F)C(F)(F)F. The Morgan fingerprint density at radius 1 is 1.00 bits per heavy atom. The van der Waals surface area contributed by atoms with E-state index in [1.165, 1.54) is 0 Å². The summed E-state index contributed by atoms with van der Waals surface area (Å²) >= 11 is 0. The fraction of sp³-hybridized carbons (Fsp3) is 1.00. The van der Waals surface area contributed by atoms with Crippen molar-refractivity contribution in [2.75, 3.05) is 21.1 Å². The van der Waals surface area contributed by atoms with Crippen LogP contribution in [-0.4, -0.2) is 38.6 Å². The second-order valence-corrected chi connectivity index (χ2v) is 2.18. The molecule has 0 saturated carbocycles. The third kappa shape index (κ3) is 17.7. The molecule has 0 saturated heterocycles. The van der Waals surface area contributed by atoms with E-state index in [0.717, 1.165) is 0 Å². The standard InChI is InChI=1S/C3H9N.C2HF5/c1-4(2)3;3-1(4)2(5,6)7/h1-3H3;1H. The van der Waals surface area contributed by atoms with Gasteiger partial charge in [-0.05, 0) is 21.1 Å². The summed E-state index contributed by atoms with van der Waals surface area (Å²) in [6.07, 6.45) is -9.53. The highest BCUT2D eigenvalue weighted by atomic mass is 19.4. The molecule has 0 bridgehead atoms. The van der Waals surface area contributed by atoms with Gasteiger partial charge in [0, 0.05) is 0 Å². The molecule has 0 aromatic heterocycles. The van der Waals surface area contributed by atoms with E-state index in [2.05, 4.69) is 0 Å². The molecule has 0 amide bonds. The minimum atomic E-state index is -5.33. The lowest BCUT2D eigenvalue weighted by molar-refractivity contribution is -0.219. The molecule has 70 valence electrons. The minimum absolute atomic E-state index is 2.00. The van der Waals surface area contributed by atoms with Crippen LogP contribution in [0.2, 0.25) is 0 Å². The number of nitrogens with zero attached hydrogens (tertiary/aromatic N) is 1. The first-order valence-electron chi connectivity index (χ1n) is 2.63. The topological polar surface area (TPSA) is 3.24 Å². The quantitative estimate of drug-likeness (QED) is 0.514. The van der Waals surface area contributed by atoms with Gasteiger partial charge in [-0.1, -0.05) is 0 Å². The summed E-state index contributed by atoms with van der Waals surface area (Å²) in [5, 5.41) is 0. The van der Waals surface area contributed by atoms with E-state index in [1.807, 2.05) is 26.0 Å². The highest BCUT2D eigenvalue weighted by Gasteiger charge is 2.40. The molecule has 0 heterocycles. The fourth-order valence-corrected chi connectivity index (χ4v) is 0. The van der Waals surface area contributed by atoms with Crippen LogP contribution in [0.4, 0.5) is 22.0 Å². The zero-order valence-electron chi connectivity index (χ0n) is 6.41. The summed E-state index contributed by atoms with van der Waals surface area (Å²) in [6, 6.07) is 0. The summed E-state index contributed by atoms with van der Waals surface area (Å²) in [6.45, 7) is 0. The van der Waals surface area contributed by atoms with Crippen LogP contribution < -0.4 is 0 Å².